The zero-order valence-corrected chi connectivity index (χ0v) is 11.1. The fourth-order valence-corrected chi connectivity index (χ4v) is 3.18. The molecule has 2 aliphatic heterocycles. The number of likely N-dealkylation sites (N-methyl/N-ethyl adjacent to an activating group) is 1. The first-order valence-corrected chi connectivity index (χ1v) is 6.88. The van der Waals surface area contributed by atoms with Crippen LogP contribution in [0, 0.1) is 0 Å². The molecule has 94 valence electrons. The summed E-state index contributed by atoms with van der Waals surface area (Å²) < 4.78 is 0. The lowest BCUT2D eigenvalue weighted by Gasteiger charge is -2.45. The van der Waals surface area contributed by atoms with Crippen molar-refractivity contribution < 1.29 is 0 Å². The molecule has 0 aromatic rings. The summed E-state index contributed by atoms with van der Waals surface area (Å²) in [4.78, 5) is 5.27. The topological polar surface area (TPSA) is 18.5 Å². The molecule has 0 aromatic heterocycles. The molecule has 2 fully saturated rings. The van der Waals surface area contributed by atoms with E-state index in [1.807, 2.05) is 0 Å². The van der Waals surface area contributed by atoms with Crippen molar-refractivity contribution in [1.29, 1.82) is 0 Å². The normalized spacial score (nSPS) is 38.8. The van der Waals surface area contributed by atoms with Crippen molar-refractivity contribution in [3.63, 3.8) is 0 Å². The Kier molecular flexibility index (Phi) is 4.22. The summed E-state index contributed by atoms with van der Waals surface area (Å²) in [6, 6.07) is 2.32. The summed E-state index contributed by atoms with van der Waals surface area (Å²) >= 11 is 0. The molecule has 0 saturated carbocycles. The number of nitrogens with one attached hydrogen (secondary N) is 1. The summed E-state index contributed by atoms with van der Waals surface area (Å²) in [6.45, 7) is 9.63. The van der Waals surface area contributed by atoms with Gasteiger partial charge < -0.3 is 10.2 Å². The predicted molar refractivity (Wildman–Crippen MR) is 68.8 cm³/mol. The second-order valence-electron chi connectivity index (χ2n) is 5.57. The Morgan fingerprint density at radius 3 is 2.81 bits per heavy atom. The molecule has 3 atom stereocenters. The minimum absolute atomic E-state index is 0.707. The molecule has 3 nitrogen and oxygen atoms in total. The molecule has 1 N–H and O–H groups in total. The van der Waals surface area contributed by atoms with Gasteiger partial charge >= 0.3 is 0 Å². The Labute approximate surface area is 100 Å². The number of piperazine rings is 1. The summed E-state index contributed by atoms with van der Waals surface area (Å²) in [6.07, 6.45) is 3.96. The van der Waals surface area contributed by atoms with Crippen molar-refractivity contribution in [2.75, 3.05) is 33.2 Å². The molecule has 0 spiro atoms. The van der Waals surface area contributed by atoms with Gasteiger partial charge in [0.15, 0.2) is 0 Å². The van der Waals surface area contributed by atoms with Crippen LogP contribution >= 0.6 is 0 Å². The van der Waals surface area contributed by atoms with Crippen LogP contribution < -0.4 is 5.32 Å². The van der Waals surface area contributed by atoms with E-state index in [0.29, 0.717) is 6.04 Å². The highest BCUT2D eigenvalue weighted by Crippen LogP contribution is 2.20. The molecule has 0 aromatic carbocycles. The summed E-state index contributed by atoms with van der Waals surface area (Å²) in [5.41, 5.74) is 0. The first-order chi connectivity index (χ1) is 7.70. The molecule has 0 amide bonds. The average Bonchev–Trinajstić information content (AvgIpc) is 2.29. The van der Waals surface area contributed by atoms with Crippen molar-refractivity contribution in [3.05, 3.63) is 0 Å². The largest absolute Gasteiger partial charge is 0.314 e. The molecule has 16 heavy (non-hydrogen) atoms. The minimum Gasteiger partial charge on any atom is -0.314 e. The number of rotatable bonds is 2. The van der Waals surface area contributed by atoms with E-state index in [1.54, 1.807) is 0 Å². The van der Waals surface area contributed by atoms with Crippen LogP contribution in [-0.4, -0.2) is 61.2 Å². The van der Waals surface area contributed by atoms with Gasteiger partial charge in [-0.1, -0.05) is 6.92 Å². The van der Waals surface area contributed by atoms with E-state index in [0.717, 1.165) is 12.1 Å². The van der Waals surface area contributed by atoms with E-state index in [-0.39, 0.29) is 0 Å². The lowest BCUT2D eigenvalue weighted by atomic mass is 9.97. The maximum absolute atomic E-state index is 3.55. The van der Waals surface area contributed by atoms with Crippen molar-refractivity contribution in [1.82, 2.24) is 15.1 Å². The molecule has 0 aliphatic carbocycles. The van der Waals surface area contributed by atoms with Crippen LogP contribution in [0.15, 0.2) is 0 Å². The quantitative estimate of drug-likeness (QED) is 0.760. The summed E-state index contributed by atoms with van der Waals surface area (Å²) in [5.74, 6) is 0. The SMILES string of the molecule is CCC1CN(C2CCNC(C)C2)CCN1C. The maximum atomic E-state index is 3.55. The lowest BCUT2D eigenvalue weighted by Crippen LogP contribution is -2.56. The number of piperidine rings is 1. The summed E-state index contributed by atoms with van der Waals surface area (Å²) in [7, 11) is 2.27. The number of nitrogens with zero attached hydrogens (tertiary/aromatic N) is 2. The number of hydrogen-bond acceptors (Lipinski definition) is 3. The Balaban J connectivity index is 1.89. The Hall–Kier alpha value is -0.120. The van der Waals surface area contributed by atoms with Gasteiger partial charge in [-0.15, -0.1) is 0 Å². The first-order valence-electron chi connectivity index (χ1n) is 6.88. The molecule has 2 rings (SSSR count). The Bertz CT molecular complexity index is 219. The third-order valence-electron chi connectivity index (χ3n) is 4.39. The van der Waals surface area contributed by atoms with E-state index in [2.05, 4.69) is 36.0 Å². The molecule has 0 radical (unpaired) electrons. The van der Waals surface area contributed by atoms with Crippen LogP contribution in [0.4, 0.5) is 0 Å². The highest BCUT2D eigenvalue weighted by atomic mass is 15.3. The fraction of sp³-hybridized carbons (Fsp3) is 1.00. The lowest BCUT2D eigenvalue weighted by molar-refractivity contribution is 0.0467. The predicted octanol–water partition coefficient (Wildman–Crippen LogP) is 1.15. The molecule has 0 bridgehead atoms. The van der Waals surface area contributed by atoms with Gasteiger partial charge in [0.25, 0.3) is 0 Å². The molecular weight excluding hydrogens is 198 g/mol. The Morgan fingerprint density at radius 1 is 1.31 bits per heavy atom. The molecule has 3 heteroatoms. The van der Waals surface area contributed by atoms with Crippen LogP contribution in [0.2, 0.25) is 0 Å². The van der Waals surface area contributed by atoms with Crippen LogP contribution in [0.3, 0.4) is 0 Å². The van der Waals surface area contributed by atoms with Crippen molar-refractivity contribution in [3.8, 4) is 0 Å². The molecule has 2 saturated heterocycles. The van der Waals surface area contributed by atoms with Gasteiger partial charge in [0.2, 0.25) is 0 Å². The van der Waals surface area contributed by atoms with E-state index in [4.69, 9.17) is 0 Å². The van der Waals surface area contributed by atoms with Crippen LogP contribution in [0.1, 0.15) is 33.1 Å². The molecule has 3 unspecified atom stereocenters. The van der Waals surface area contributed by atoms with Crippen LogP contribution in [-0.2, 0) is 0 Å². The highest BCUT2D eigenvalue weighted by molar-refractivity contribution is 4.87. The standard InChI is InChI=1S/C13H27N3/c1-4-12-10-16(8-7-15(12)3)13-5-6-14-11(2)9-13/h11-14H,4-10H2,1-3H3. The highest BCUT2D eigenvalue weighted by Gasteiger charge is 2.30. The van der Waals surface area contributed by atoms with Gasteiger partial charge in [-0.3, -0.25) is 4.90 Å². The fourth-order valence-electron chi connectivity index (χ4n) is 3.18. The van der Waals surface area contributed by atoms with E-state index in [1.165, 1.54) is 45.4 Å². The smallest absolute Gasteiger partial charge is 0.0218 e. The molecule has 2 aliphatic rings. The van der Waals surface area contributed by atoms with E-state index >= 15 is 0 Å². The van der Waals surface area contributed by atoms with Crippen molar-refractivity contribution in [2.45, 2.75) is 51.2 Å². The molecular formula is C13H27N3. The minimum atomic E-state index is 0.707. The van der Waals surface area contributed by atoms with Gasteiger partial charge in [0, 0.05) is 37.8 Å². The van der Waals surface area contributed by atoms with Crippen LogP contribution in [0.5, 0.6) is 0 Å². The van der Waals surface area contributed by atoms with Gasteiger partial charge in [0.05, 0.1) is 0 Å². The van der Waals surface area contributed by atoms with Gasteiger partial charge in [-0.2, -0.15) is 0 Å². The second-order valence-corrected chi connectivity index (χ2v) is 5.57. The third-order valence-corrected chi connectivity index (χ3v) is 4.39. The Morgan fingerprint density at radius 2 is 2.12 bits per heavy atom. The zero-order valence-electron chi connectivity index (χ0n) is 11.1. The van der Waals surface area contributed by atoms with E-state index < -0.39 is 0 Å². The average molecular weight is 225 g/mol. The van der Waals surface area contributed by atoms with E-state index in [9.17, 15) is 0 Å². The maximum Gasteiger partial charge on any atom is 0.0218 e. The van der Waals surface area contributed by atoms with Crippen molar-refractivity contribution >= 4 is 0 Å². The zero-order chi connectivity index (χ0) is 11.5. The van der Waals surface area contributed by atoms with Crippen molar-refractivity contribution in [2.24, 2.45) is 0 Å². The number of hydrogen-bond donors (Lipinski definition) is 1. The molecule has 2 heterocycles. The first kappa shape index (κ1) is 12.3. The van der Waals surface area contributed by atoms with Gasteiger partial charge in [-0.05, 0) is 39.8 Å². The van der Waals surface area contributed by atoms with Gasteiger partial charge in [-0.25, -0.2) is 0 Å². The second kappa shape index (κ2) is 5.48. The summed E-state index contributed by atoms with van der Waals surface area (Å²) in [5, 5.41) is 3.55. The van der Waals surface area contributed by atoms with Crippen LogP contribution in [0.25, 0.3) is 0 Å². The third kappa shape index (κ3) is 2.76. The van der Waals surface area contributed by atoms with Gasteiger partial charge in [0.1, 0.15) is 0 Å². The monoisotopic (exact) mass is 225 g/mol.